The predicted octanol–water partition coefficient (Wildman–Crippen LogP) is 4.72. The molecule has 1 amide bonds. The minimum atomic E-state index is -0.306. The number of nitrogens with one attached hydrogen (secondary N) is 2. The molecule has 4 rings (SSSR count). The van der Waals surface area contributed by atoms with E-state index in [4.69, 9.17) is 17.0 Å². The Morgan fingerprint density at radius 3 is 2.79 bits per heavy atom. The molecule has 0 bridgehead atoms. The van der Waals surface area contributed by atoms with Crippen LogP contribution in [0.5, 0.6) is 5.75 Å². The van der Waals surface area contributed by atoms with E-state index in [0.29, 0.717) is 11.3 Å². The first-order valence-corrected chi connectivity index (χ1v) is 11.9. The molecule has 2 N–H and O–H groups in total. The fourth-order valence-corrected chi connectivity index (χ4v) is 4.15. The van der Waals surface area contributed by atoms with Crippen LogP contribution in [0, 0.1) is 0 Å². The second-order valence-corrected chi connectivity index (χ2v) is 8.79. The van der Waals surface area contributed by atoms with Crippen molar-refractivity contribution in [3.63, 3.8) is 0 Å². The maximum absolute atomic E-state index is 12.7. The first-order chi connectivity index (χ1) is 16.0. The molecule has 0 aliphatic heterocycles. The summed E-state index contributed by atoms with van der Waals surface area (Å²) in [6.45, 7) is 6.06. The number of hydrogen-bond donors (Lipinski definition) is 2. The maximum atomic E-state index is 12.7. The Balaban J connectivity index is 1.43. The summed E-state index contributed by atoms with van der Waals surface area (Å²) < 4.78 is 7.57. The van der Waals surface area contributed by atoms with Crippen LogP contribution in [0.3, 0.4) is 0 Å². The molecule has 0 spiro atoms. The smallest absolute Gasteiger partial charge is 0.257 e. The van der Waals surface area contributed by atoms with E-state index in [2.05, 4.69) is 25.9 Å². The highest BCUT2D eigenvalue weighted by Crippen LogP contribution is 2.27. The Kier molecular flexibility index (Phi) is 6.95. The number of thiocarbonyl (C=S) groups is 1. The van der Waals surface area contributed by atoms with Crippen molar-refractivity contribution in [2.45, 2.75) is 39.7 Å². The number of ether oxygens (including phenoxy) is 1. The largest absolute Gasteiger partial charge is 0.491 e. The summed E-state index contributed by atoms with van der Waals surface area (Å²) in [5.74, 6) is 1.17. The van der Waals surface area contributed by atoms with Gasteiger partial charge in [-0.15, -0.1) is 10.2 Å². The van der Waals surface area contributed by atoms with E-state index in [9.17, 15) is 4.79 Å². The molecule has 33 heavy (non-hydrogen) atoms. The van der Waals surface area contributed by atoms with Crippen molar-refractivity contribution in [1.29, 1.82) is 0 Å². The summed E-state index contributed by atoms with van der Waals surface area (Å²) >= 11 is 6.82. The summed E-state index contributed by atoms with van der Waals surface area (Å²) in [5, 5.41) is 19.7. The number of carbonyl (C=O) groups excluding carboxylic acids is 1. The van der Waals surface area contributed by atoms with Crippen LogP contribution in [0.15, 0.2) is 48.5 Å². The van der Waals surface area contributed by atoms with Gasteiger partial charge in [-0.05, 0) is 55.9 Å². The summed E-state index contributed by atoms with van der Waals surface area (Å²) in [5.41, 5.74) is 2.13. The molecule has 0 aliphatic rings. The van der Waals surface area contributed by atoms with E-state index in [-0.39, 0.29) is 17.1 Å². The topological polar surface area (TPSA) is 93.4 Å². The van der Waals surface area contributed by atoms with Gasteiger partial charge in [-0.3, -0.25) is 10.1 Å². The molecule has 0 fully saturated rings. The van der Waals surface area contributed by atoms with Gasteiger partial charge in [-0.2, -0.15) is 9.61 Å². The molecule has 0 aliphatic carbocycles. The Morgan fingerprint density at radius 1 is 1.18 bits per heavy atom. The predicted molar refractivity (Wildman–Crippen MR) is 134 cm³/mol. The molecular formula is C23H24N6O2S2. The van der Waals surface area contributed by atoms with Crippen molar-refractivity contribution in [2.75, 3.05) is 5.32 Å². The Bertz CT molecular complexity index is 1300. The van der Waals surface area contributed by atoms with Crippen LogP contribution >= 0.6 is 23.6 Å². The van der Waals surface area contributed by atoms with Gasteiger partial charge in [0, 0.05) is 23.2 Å². The van der Waals surface area contributed by atoms with Crippen molar-refractivity contribution in [2.24, 2.45) is 0 Å². The van der Waals surface area contributed by atoms with E-state index in [0.717, 1.165) is 39.9 Å². The molecule has 2 heterocycles. The Hall–Kier alpha value is -3.37. The lowest BCUT2D eigenvalue weighted by Gasteiger charge is -2.14. The van der Waals surface area contributed by atoms with E-state index in [1.165, 1.54) is 11.3 Å². The van der Waals surface area contributed by atoms with Crippen molar-refractivity contribution < 1.29 is 9.53 Å². The number of rotatable bonds is 7. The van der Waals surface area contributed by atoms with Crippen molar-refractivity contribution >= 4 is 45.2 Å². The van der Waals surface area contributed by atoms with E-state index in [1.54, 1.807) is 22.7 Å². The zero-order valence-electron chi connectivity index (χ0n) is 18.5. The van der Waals surface area contributed by atoms with Gasteiger partial charge in [-0.25, -0.2) is 0 Å². The molecule has 2 aromatic carbocycles. The lowest BCUT2D eigenvalue weighted by molar-refractivity contribution is 0.0977. The lowest BCUT2D eigenvalue weighted by atomic mass is 10.2. The fraction of sp³-hybridized carbons (Fsp3) is 0.261. The second kappa shape index (κ2) is 10.1. The molecule has 0 unspecified atom stereocenters. The van der Waals surface area contributed by atoms with Crippen LogP contribution in [0.4, 0.5) is 5.69 Å². The van der Waals surface area contributed by atoms with E-state index >= 15 is 0 Å². The standard InChI is InChI=1S/C23H24N6O2S2/c1-4-14(3)31-18-11-7-8-15(13-18)20(30)25-22(32)24-17-10-6-9-16(12-17)21-28-29-19(5-2)26-27-23(29)33-21/h6-14H,4-5H2,1-3H3,(H2,24,25,30,32)/t14-/m1/s1. The molecule has 0 radical (unpaired) electrons. The molecule has 0 saturated heterocycles. The highest BCUT2D eigenvalue weighted by atomic mass is 32.1. The van der Waals surface area contributed by atoms with E-state index in [1.807, 2.05) is 51.1 Å². The number of anilines is 1. The number of carbonyl (C=O) groups is 1. The third-order valence-electron chi connectivity index (χ3n) is 4.97. The van der Waals surface area contributed by atoms with Crippen molar-refractivity contribution in [1.82, 2.24) is 25.1 Å². The van der Waals surface area contributed by atoms with Crippen LogP contribution in [-0.4, -0.2) is 36.9 Å². The van der Waals surface area contributed by atoms with Crippen LogP contribution in [0.1, 0.15) is 43.4 Å². The highest BCUT2D eigenvalue weighted by molar-refractivity contribution is 7.80. The number of fused-ring (bicyclic) bond motifs is 1. The average Bonchev–Trinajstić information content (AvgIpc) is 3.40. The average molecular weight is 481 g/mol. The summed E-state index contributed by atoms with van der Waals surface area (Å²) in [7, 11) is 0. The number of nitrogens with zero attached hydrogens (tertiary/aromatic N) is 4. The van der Waals surface area contributed by atoms with Crippen LogP contribution in [0.25, 0.3) is 15.5 Å². The van der Waals surface area contributed by atoms with Crippen LogP contribution in [0.2, 0.25) is 0 Å². The molecule has 2 aromatic heterocycles. The summed E-state index contributed by atoms with van der Waals surface area (Å²) in [6, 6.07) is 14.7. The quantitative estimate of drug-likeness (QED) is 0.370. The molecule has 170 valence electrons. The molecule has 1 atom stereocenters. The van der Waals surface area contributed by atoms with Crippen molar-refractivity contribution in [3.8, 4) is 16.3 Å². The number of benzene rings is 2. The van der Waals surface area contributed by atoms with Gasteiger partial charge >= 0.3 is 0 Å². The SMILES string of the molecule is CCc1nnc2sc(-c3cccc(NC(=S)NC(=O)c4cccc(O[C@H](C)CC)c4)c3)nn12. The van der Waals surface area contributed by atoms with Gasteiger partial charge in [0.05, 0.1) is 6.10 Å². The minimum Gasteiger partial charge on any atom is -0.491 e. The van der Waals surface area contributed by atoms with Gasteiger partial charge < -0.3 is 10.1 Å². The van der Waals surface area contributed by atoms with Crippen LogP contribution in [-0.2, 0) is 6.42 Å². The molecule has 4 aromatic rings. The maximum Gasteiger partial charge on any atom is 0.257 e. The second-order valence-electron chi connectivity index (χ2n) is 7.42. The molecular weight excluding hydrogens is 456 g/mol. The lowest BCUT2D eigenvalue weighted by Crippen LogP contribution is -2.34. The van der Waals surface area contributed by atoms with Gasteiger partial charge in [0.15, 0.2) is 10.9 Å². The number of aromatic nitrogens is 4. The molecule has 0 saturated carbocycles. The Labute approximate surface area is 201 Å². The molecule has 10 heteroatoms. The third kappa shape index (κ3) is 5.35. The number of amides is 1. The molecule has 8 nitrogen and oxygen atoms in total. The first kappa shape index (κ1) is 22.8. The zero-order valence-corrected chi connectivity index (χ0v) is 20.2. The number of aryl methyl sites for hydroxylation is 1. The van der Waals surface area contributed by atoms with Gasteiger partial charge in [-0.1, -0.05) is 43.4 Å². The first-order valence-electron chi connectivity index (χ1n) is 10.7. The minimum absolute atomic E-state index is 0.0743. The normalized spacial score (nSPS) is 11.8. The van der Waals surface area contributed by atoms with Gasteiger partial charge in [0.1, 0.15) is 10.8 Å². The van der Waals surface area contributed by atoms with E-state index < -0.39 is 0 Å². The zero-order chi connectivity index (χ0) is 23.4. The van der Waals surface area contributed by atoms with Crippen molar-refractivity contribution in [3.05, 3.63) is 59.9 Å². The van der Waals surface area contributed by atoms with Crippen LogP contribution < -0.4 is 15.4 Å². The third-order valence-corrected chi connectivity index (χ3v) is 6.13. The highest BCUT2D eigenvalue weighted by Gasteiger charge is 2.13. The van der Waals surface area contributed by atoms with Gasteiger partial charge in [0.25, 0.3) is 5.91 Å². The monoisotopic (exact) mass is 480 g/mol. The Morgan fingerprint density at radius 2 is 2.00 bits per heavy atom. The fourth-order valence-electron chi connectivity index (χ4n) is 3.09. The summed E-state index contributed by atoms with van der Waals surface area (Å²) in [4.78, 5) is 13.4. The number of hydrogen-bond acceptors (Lipinski definition) is 7. The summed E-state index contributed by atoms with van der Waals surface area (Å²) in [6.07, 6.45) is 1.71. The van der Waals surface area contributed by atoms with Gasteiger partial charge in [0.2, 0.25) is 4.96 Å².